The first kappa shape index (κ1) is 34.7. The van der Waals surface area contributed by atoms with E-state index in [0.29, 0.717) is 12.8 Å². The molecule has 17 N–H and O–H groups in total. The summed E-state index contributed by atoms with van der Waals surface area (Å²) in [6, 6.07) is -1.89. The Kier molecular flexibility index (Phi) is 12.0. The lowest BCUT2D eigenvalue weighted by Crippen LogP contribution is -2.65. The molecule has 0 radical (unpaired) electrons. The second kappa shape index (κ2) is 14.9. The highest BCUT2D eigenvalue weighted by Crippen LogP contribution is 2.34. The van der Waals surface area contributed by atoms with Gasteiger partial charge in [-0.05, 0) is 19.3 Å². The summed E-state index contributed by atoms with van der Waals surface area (Å²) < 4.78 is 35.4. The van der Waals surface area contributed by atoms with Crippen molar-refractivity contribution in [3.05, 3.63) is 0 Å². The van der Waals surface area contributed by atoms with Crippen molar-refractivity contribution in [2.45, 2.75) is 136 Å². The zero-order valence-electron chi connectivity index (χ0n) is 23.7. The van der Waals surface area contributed by atoms with Crippen LogP contribution in [0.5, 0.6) is 0 Å². The predicted molar refractivity (Wildman–Crippen MR) is 145 cm³/mol. The number of aliphatic hydroxyl groups excluding tert-OH is 5. The third-order valence-corrected chi connectivity index (χ3v) is 8.64. The molecular formula is C25H47N7O11. The molecule has 18 atom stereocenters. The van der Waals surface area contributed by atoms with Crippen molar-refractivity contribution in [1.82, 2.24) is 0 Å². The Morgan fingerprint density at radius 1 is 0.744 bits per heavy atom. The molecule has 18 heteroatoms. The molecule has 43 heavy (non-hydrogen) atoms. The third kappa shape index (κ3) is 7.45. The van der Waals surface area contributed by atoms with Gasteiger partial charge >= 0.3 is 0 Å². The first-order valence-corrected chi connectivity index (χ1v) is 14.5. The summed E-state index contributed by atoms with van der Waals surface area (Å²) in [5.74, 6) is 0. The average molecular weight is 622 g/mol. The summed E-state index contributed by atoms with van der Waals surface area (Å²) in [7, 11) is 0. The van der Waals surface area contributed by atoms with Gasteiger partial charge in [0, 0.05) is 24.7 Å². The summed E-state index contributed by atoms with van der Waals surface area (Å²) in [4.78, 5) is 0. The normalized spacial score (nSPS) is 49.9. The number of nitrogens with two attached hydrogens (primary N) is 6. The first-order chi connectivity index (χ1) is 20.4. The van der Waals surface area contributed by atoms with Gasteiger partial charge in [0.1, 0.15) is 48.8 Å². The Morgan fingerprint density at radius 2 is 1.40 bits per heavy atom. The smallest absolute Gasteiger partial charge is 0.187 e. The van der Waals surface area contributed by atoms with Gasteiger partial charge < -0.3 is 88.4 Å². The number of nitriles is 1. The monoisotopic (exact) mass is 621 g/mol. The van der Waals surface area contributed by atoms with E-state index in [9.17, 15) is 25.5 Å². The molecule has 0 aromatic rings. The van der Waals surface area contributed by atoms with E-state index in [4.69, 9.17) is 68.1 Å². The lowest BCUT2D eigenvalue weighted by Gasteiger charge is -2.46. The van der Waals surface area contributed by atoms with Gasteiger partial charge in [-0.15, -0.1) is 0 Å². The number of aliphatic hydroxyl groups is 5. The Bertz CT molecular complexity index is 936. The number of hydrogen-bond acceptors (Lipinski definition) is 18. The summed E-state index contributed by atoms with van der Waals surface area (Å²) in [5.41, 5.74) is 36.5. The van der Waals surface area contributed by atoms with Crippen molar-refractivity contribution in [3.63, 3.8) is 0 Å². The third-order valence-electron chi connectivity index (χ3n) is 8.64. The highest BCUT2D eigenvalue weighted by Gasteiger charge is 2.53. The number of rotatable bonds is 10. The van der Waals surface area contributed by atoms with Crippen LogP contribution in [0.3, 0.4) is 0 Å². The zero-order valence-corrected chi connectivity index (χ0v) is 23.7. The van der Waals surface area contributed by atoms with Crippen LogP contribution in [0, 0.1) is 11.3 Å². The molecule has 4 fully saturated rings. The Morgan fingerprint density at radius 3 is 2.05 bits per heavy atom. The molecule has 4 aliphatic rings. The zero-order chi connectivity index (χ0) is 31.6. The molecule has 0 spiro atoms. The molecule has 1 saturated carbocycles. The molecule has 0 unspecified atom stereocenters. The van der Waals surface area contributed by atoms with E-state index < -0.39 is 117 Å². The lowest BCUT2D eigenvalue weighted by atomic mass is 9.84. The maximum atomic E-state index is 11.2. The van der Waals surface area contributed by atoms with Crippen molar-refractivity contribution in [3.8, 4) is 6.07 Å². The van der Waals surface area contributed by atoms with Crippen molar-refractivity contribution < 1.29 is 54.0 Å². The van der Waals surface area contributed by atoms with Gasteiger partial charge in [0.2, 0.25) is 0 Å². The van der Waals surface area contributed by atoms with Crippen molar-refractivity contribution in [2.24, 2.45) is 34.4 Å². The van der Waals surface area contributed by atoms with E-state index in [-0.39, 0.29) is 19.4 Å². The molecule has 18 nitrogen and oxygen atoms in total. The van der Waals surface area contributed by atoms with Gasteiger partial charge in [-0.25, -0.2) is 0 Å². The maximum absolute atomic E-state index is 11.2. The van der Waals surface area contributed by atoms with Crippen molar-refractivity contribution in [2.75, 3.05) is 13.2 Å². The van der Waals surface area contributed by atoms with Crippen LogP contribution < -0.4 is 34.4 Å². The number of nitrogens with zero attached hydrogens (tertiary/aromatic N) is 1. The highest BCUT2D eigenvalue weighted by atomic mass is 16.8. The van der Waals surface area contributed by atoms with Crippen LogP contribution in [0.4, 0.5) is 0 Å². The van der Waals surface area contributed by atoms with Crippen LogP contribution in [-0.4, -0.2) is 149 Å². The molecule has 4 rings (SSSR count). The molecule has 0 amide bonds. The van der Waals surface area contributed by atoms with E-state index in [2.05, 4.69) is 0 Å². The standard InChI is InChI=1S/C25H47N7O11/c26-4-3-8(28)12-2-1-9(29)23(38-12)41-20-11(31)5-10(30)16(34)22(20)43-25-19(37)21(14(7-33)40-25)42-24-15(32)18(36)17(35)13(6-27)39-24/h8-25,33-37H,1-3,5-7,27-32H2/t8-,9+,10+,11-,12-,13-,14+,15+,16-,17+,18+,19+,20+,21+,22+,23+,24+,25-/m0/s1. The minimum absolute atomic E-state index is 0.0737. The molecule has 3 heterocycles. The number of hydrogen-bond donors (Lipinski definition) is 11. The molecular weight excluding hydrogens is 574 g/mol. The Balaban J connectivity index is 1.48. The van der Waals surface area contributed by atoms with Gasteiger partial charge in [0.25, 0.3) is 0 Å². The first-order valence-electron chi connectivity index (χ1n) is 14.5. The lowest BCUT2D eigenvalue weighted by molar-refractivity contribution is -0.290. The van der Waals surface area contributed by atoms with Gasteiger partial charge in [-0.3, -0.25) is 0 Å². The van der Waals surface area contributed by atoms with Gasteiger partial charge in [0.05, 0.1) is 43.4 Å². The molecule has 3 aliphatic heterocycles. The van der Waals surface area contributed by atoms with E-state index in [1.807, 2.05) is 6.07 Å². The van der Waals surface area contributed by atoms with Crippen LogP contribution in [0.2, 0.25) is 0 Å². The van der Waals surface area contributed by atoms with Crippen molar-refractivity contribution in [1.29, 1.82) is 5.26 Å². The fourth-order valence-electron chi connectivity index (χ4n) is 5.99. The molecule has 3 saturated heterocycles. The molecule has 0 bridgehead atoms. The van der Waals surface area contributed by atoms with Gasteiger partial charge in [0.15, 0.2) is 18.9 Å². The van der Waals surface area contributed by atoms with E-state index >= 15 is 0 Å². The molecule has 0 aromatic heterocycles. The quantitative estimate of drug-likeness (QED) is 0.108. The van der Waals surface area contributed by atoms with Gasteiger partial charge in [-0.2, -0.15) is 5.26 Å². The van der Waals surface area contributed by atoms with Crippen molar-refractivity contribution >= 4 is 0 Å². The Hall–Kier alpha value is -1.19. The second-order valence-corrected chi connectivity index (χ2v) is 11.7. The van der Waals surface area contributed by atoms with E-state index in [0.717, 1.165) is 0 Å². The SMILES string of the molecule is N#CC[C@H](N)[C@@H]1CC[C@@H](N)[C@@H](O[C@H]2[C@H](O[C@@H]3O[C@H](CO)[C@@H](O[C@H]4O[C@@H](CN)[C@@H](O)[C@H](O)[C@H]4N)[C@H]3O)[C@@H](O)[C@H](N)C[C@@H]2N)O1. The van der Waals surface area contributed by atoms with E-state index in [1.165, 1.54) is 0 Å². The second-order valence-electron chi connectivity index (χ2n) is 11.7. The van der Waals surface area contributed by atoms with Gasteiger partial charge in [-0.1, -0.05) is 0 Å². The minimum atomic E-state index is -1.56. The fourth-order valence-corrected chi connectivity index (χ4v) is 5.99. The van der Waals surface area contributed by atoms with Crippen LogP contribution in [0.25, 0.3) is 0 Å². The number of ether oxygens (including phenoxy) is 6. The minimum Gasteiger partial charge on any atom is -0.394 e. The molecule has 0 aromatic carbocycles. The topological polar surface area (TPSA) is 336 Å². The van der Waals surface area contributed by atoms with Crippen LogP contribution >= 0.6 is 0 Å². The van der Waals surface area contributed by atoms with E-state index in [1.54, 1.807) is 0 Å². The highest BCUT2D eigenvalue weighted by molar-refractivity contribution is 5.01. The van der Waals surface area contributed by atoms with Crippen LogP contribution in [-0.2, 0) is 28.4 Å². The predicted octanol–water partition coefficient (Wildman–Crippen LogP) is -6.55. The van der Waals surface area contributed by atoms with Crippen LogP contribution in [0.15, 0.2) is 0 Å². The molecule has 1 aliphatic carbocycles. The summed E-state index contributed by atoms with van der Waals surface area (Å²) in [6.45, 7) is -0.763. The average Bonchev–Trinajstić information content (AvgIpc) is 3.28. The van der Waals surface area contributed by atoms with Crippen LogP contribution in [0.1, 0.15) is 25.7 Å². The summed E-state index contributed by atoms with van der Waals surface area (Å²) in [5, 5.41) is 61.7. The largest absolute Gasteiger partial charge is 0.394 e. The summed E-state index contributed by atoms with van der Waals surface area (Å²) in [6.07, 6.45) is -14.4. The molecule has 248 valence electrons. The maximum Gasteiger partial charge on any atom is 0.187 e. The fraction of sp³-hybridized carbons (Fsp3) is 0.960. The summed E-state index contributed by atoms with van der Waals surface area (Å²) >= 11 is 0. The Labute approximate surface area is 249 Å².